The van der Waals surface area contributed by atoms with Gasteiger partial charge in [-0.15, -0.1) is 0 Å². The summed E-state index contributed by atoms with van der Waals surface area (Å²) in [6.07, 6.45) is -0.592. The van der Waals surface area contributed by atoms with Crippen LogP contribution in [0.5, 0.6) is 5.75 Å². The van der Waals surface area contributed by atoms with Crippen LogP contribution in [0.1, 0.15) is 0 Å². The highest BCUT2D eigenvalue weighted by atomic mass is 16.6. The largest absolute Gasteiger partial charge is 0.477 e. The second-order valence-electron chi connectivity index (χ2n) is 4.80. The number of ether oxygens (including phenoxy) is 3. The van der Waals surface area contributed by atoms with E-state index in [1.54, 1.807) is 0 Å². The number of carbonyl (C=O) groups is 1. The van der Waals surface area contributed by atoms with Gasteiger partial charge < -0.3 is 24.8 Å². The summed E-state index contributed by atoms with van der Waals surface area (Å²) in [4.78, 5) is 12.1. The maximum absolute atomic E-state index is 12.1. The fraction of sp³-hybridized carbons (Fsp3) is 0.500. The number of rotatable bonds is 3. The number of amides is 1. The van der Waals surface area contributed by atoms with E-state index in [0.29, 0.717) is 38.7 Å². The van der Waals surface area contributed by atoms with Crippen molar-refractivity contribution >= 4 is 11.6 Å². The number of hydrogen-bond acceptors (Lipinski definition) is 5. The molecule has 3 rings (SSSR count). The van der Waals surface area contributed by atoms with Crippen LogP contribution >= 0.6 is 0 Å². The molecule has 0 spiro atoms. The minimum Gasteiger partial charge on any atom is -0.477 e. The summed E-state index contributed by atoms with van der Waals surface area (Å²) in [6, 6.07) is 7.58. The highest BCUT2D eigenvalue weighted by Gasteiger charge is 2.26. The second-order valence-corrected chi connectivity index (χ2v) is 4.80. The first-order chi connectivity index (χ1) is 9.83. The van der Waals surface area contributed by atoms with E-state index in [1.165, 1.54) is 0 Å². The zero-order valence-electron chi connectivity index (χ0n) is 11.1. The van der Waals surface area contributed by atoms with Crippen molar-refractivity contribution in [3.8, 4) is 5.75 Å². The van der Waals surface area contributed by atoms with Gasteiger partial charge in [-0.2, -0.15) is 0 Å². The van der Waals surface area contributed by atoms with E-state index < -0.39 is 6.10 Å². The molecular weight excluding hydrogens is 260 g/mol. The predicted octanol–water partition coefficient (Wildman–Crippen LogP) is 0.391. The Morgan fingerprint density at radius 1 is 1.35 bits per heavy atom. The van der Waals surface area contributed by atoms with Crippen molar-refractivity contribution in [2.45, 2.75) is 12.2 Å². The van der Waals surface area contributed by atoms with Crippen molar-refractivity contribution in [1.29, 1.82) is 0 Å². The Kier molecular flexibility index (Phi) is 4.03. The Hall–Kier alpha value is -1.79. The fourth-order valence-electron chi connectivity index (χ4n) is 2.24. The van der Waals surface area contributed by atoms with Crippen molar-refractivity contribution in [2.24, 2.45) is 0 Å². The van der Waals surface area contributed by atoms with E-state index in [4.69, 9.17) is 14.2 Å². The first kappa shape index (κ1) is 13.2. The molecule has 20 heavy (non-hydrogen) atoms. The third-order valence-corrected chi connectivity index (χ3v) is 3.32. The monoisotopic (exact) mass is 278 g/mol. The van der Waals surface area contributed by atoms with E-state index >= 15 is 0 Å². The van der Waals surface area contributed by atoms with Crippen LogP contribution in [0.2, 0.25) is 0 Å². The molecule has 1 saturated heterocycles. The van der Waals surface area contributed by atoms with Crippen molar-refractivity contribution in [1.82, 2.24) is 5.32 Å². The maximum atomic E-state index is 12.1. The lowest BCUT2D eigenvalue weighted by atomic mass is 10.2. The quantitative estimate of drug-likeness (QED) is 0.837. The molecule has 0 aromatic heterocycles. The molecule has 2 unspecified atom stereocenters. The molecule has 0 radical (unpaired) electrons. The Bertz CT molecular complexity index is 474. The zero-order chi connectivity index (χ0) is 13.8. The summed E-state index contributed by atoms with van der Waals surface area (Å²) in [6.45, 7) is 2.63. The van der Waals surface area contributed by atoms with E-state index in [2.05, 4.69) is 10.6 Å². The molecule has 0 aliphatic carbocycles. The lowest BCUT2D eigenvalue weighted by molar-refractivity contribution is -0.130. The van der Waals surface area contributed by atoms with E-state index in [9.17, 15) is 4.79 Å². The molecular formula is C14H18N2O4. The summed E-state index contributed by atoms with van der Waals surface area (Å²) >= 11 is 0. The lowest BCUT2D eigenvalue weighted by Gasteiger charge is -2.28. The number of benzene rings is 1. The Balaban J connectivity index is 1.51. The van der Waals surface area contributed by atoms with Crippen molar-refractivity contribution in [3.63, 3.8) is 0 Å². The van der Waals surface area contributed by atoms with Crippen LogP contribution in [0.3, 0.4) is 0 Å². The third kappa shape index (κ3) is 3.02. The second kappa shape index (κ2) is 6.11. The number of hydrogen-bond donors (Lipinski definition) is 2. The number of anilines is 1. The topological polar surface area (TPSA) is 68.8 Å². The minimum absolute atomic E-state index is 0.0727. The van der Waals surface area contributed by atoms with Crippen molar-refractivity contribution in [2.75, 3.05) is 38.2 Å². The first-order valence-corrected chi connectivity index (χ1v) is 6.79. The lowest BCUT2D eigenvalue weighted by Crippen LogP contribution is -2.48. The van der Waals surface area contributed by atoms with Crippen molar-refractivity contribution in [3.05, 3.63) is 24.3 Å². The van der Waals surface area contributed by atoms with Gasteiger partial charge in [0.2, 0.25) is 0 Å². The van der Waals surface area contributed by atoms with Gasteiger partial charge in [0.05, 0.1) is 38.2 Å². The van der Waals surface area contributed by atoms with Gasteiger partial charge in [0.15, 0.2) is 6.10 Å². The SMILES string of the molecule is O=C(NCC1COCCO1)C1CNc2ccccc2O1. The normalized spacial score (nSPS) is 25.0. The smallest absolute Gasteiger partial charge is 0.263 e. The Morgan fingerprint density at radius 2 is 2.25 bits per heavy atom. The van der Waals surface area contributed by atoms with E-state index in [1.807, 2.05) is 24.3 Å². The highest BCUT2D eigenvalue weighted by molar-refractivity contribution is 5.83. The van der Waals surface area contributed by atoms with Crippen LogP contribution in [0.15, 0.2) is 24.3 Å². The molecule has 2 aliphatic rings. The molecule has 2 N–H and O–H groups in total. The molecule has 1 amide bonds. The van der Waals surface area contributed by atoms with Gasteiger partial charge in [0.25, 0.3) is 5.91 Å². The molecule has 0 bridgehead atoms. The van der Waals surface area contributed by atoms with Gasteiger partial charge in [-0.05, 0) is 12.1 Å². The van der Waals surface area contributed by atoms with Crippen LogP contribution < -0.4 is 15.4 Å². The number of para-hydroxylation sites is 2. The molecule has 6 heteroatoms. The molecule has 2 heterocycles. The Morgan fingerprint density at radius 3 is 3.10 bits per heavy atom. The number of carbonyl (C=O) groups excluding carboxylic acids is 1. The van der Waals surface area contributed by atoms with Crippen LogP contribution in [0, 0.1) is 0 Å². The zero-order valence-corrected chi connectivity index (χ0v) is 11.1. The number of nitrogens with one attached hydrogen (secondary N) is 2. The summed E-state index contributed by atoms with van der Waals surface area (Å²) in [5.41, 5.74) is 0.917. The van der Waals surface area contributed by atoms with Crippen LogP contribution in [-0.2, 0) is 14.3 Å². The van der Waals surface area contributed by atoms with Gasteiger partial charge >= 0.3 is 0 Å². The summed E-state index contributed by atoms with van der Waals surface area (Å²) < 4.78 is 16.4. The molecule has 1 aromatic rings. The van der Waals surface area contributed by atoms with Gasteiger partial charge in [-0.1, -0.05) is 12.1 Å². The first-order valence-electron chi connectivity index (χ1n) is 6.79. The summed E-state index contributed by atoms with van der Waals surface area (Å²) in [7, 11) is 0. The van der Waals surface area contributed by atoms with E-state index in [0.717, 1.165) is 5.69 Å². The van der Waals surface area contributed by atoms with Gasteiger partial charge in [0, 0.05) is 6.54 Å². The van der Waals surface area contributed by atoms with Crippen LogP contribution in [0.25, 0.3) is 0 Å². The average Bonchev–Trinajstić information content (AvgIpc) is 2.53. The Labute approximate surface area is 117 Å². The molecule has 108 valence electrons. The minimum atomic E-state index is -0.519. The average molecular weight is 278 g/mol. The van der Waals surface area contributed by atoms with Gasteiger partial charge in [-0.3, -0.25) is 4.79 Å². The molecule has 0 saturated carbocycles. The van der Waals surface area contributed by atoms with E-state index in [-0.39, 0.29) is 12.0 Å². The molecule has 2 atom stereocenters. The van der Waals surface area contributed by atoms with Gasteiger partial charge in [-0.25, -0.2) is 0 Å². The summed E-state index contributed by atoms with van der Waals surface area (Å²) in [5.74, 6) is 0.567. The third-order valence-electron chi connectivity index (χ3n) is 3.32. The standard InChI is InChI=1S/C14H18N2O4/c17-14(16-7-10-9-18-5-6-19-10)13-8-15-11-3-1-2-4-12(11)20-13/h1-4,10,13,15H,5-9H2,(H,16,17). The molecule has 6 nitrogen and oxygen atoms in total. The van der Waals surface area contributed by atoms with Crippen molar-refractivity contribution < 1.29 is 19.0 Å². The molecule has 2 aliphatic heterocycles. The van der Waals surface area contributed by atoms with Crippen LogP contribution in [0.4, 0.5) is 5.69 Å². The predicted molar refractivity (Wildman–Crippen MR) is 72.9 cm³/mol. The van der Waals surface area contributed by atoms with Gasteiger partial charge in [0.1, 0.15) is 5.75 Å². The molecule has 1 aromatic carbocycles. The number of fused-ring (bicyclic) bond motifs is 1. The van der Waals surface area contributed by atoms with Crippen LogP contribution in [-0.4, -0.2) is 51.0 Å². The highest BCUT2D eigenvalue weighted by Crippen LogP contribution is 2.28. The maximum Gasteiger partial charge on any atom is 0.263 e. The molecule has 1 fully saturated rings. The fourth-order valence-corrected chi connectivity index (χ4v) is 2.24. The summed E-state index contributed by atoms with van der Waals surface area (Å²) in [5, 5.41) is 6.03.